The molecule has 0 saturated heterocycles. The molecule has 3 aromatic rings. The van der Waals surface area contributed by atoms with Crippen LogP contribution in [0.4, 0.5) is 0 Å². The van der Waals surface area contributed by atoms with Gasteiger partial charge in [0.25, 0.3) is 0 Å². The molecule has 1 fully saturated rings. The van der Waals surface area contributed by atoms with Crippen LogP contribution in [0.3, 0.4) is 0 Å². The second kappa shape index (κ2) is 11.0. The molecule has 1 atom stereocenters. The third kappa shape index (κ3) is 6.17. The average Bonchev–Trinajstić information content (AvgIpc) is 3.65. The summed E-state index contributed by atoms with van der Waals surface area (Å²) in [7, 11) is 3.55. The van der Waals surface area contributed by atoms with E-state index in [1.54, 1.807) is 11.8 Å². The summed E-state index contributed by atoms with van der Waals surface area (Å²) in [4.78, 5) is 2.33. The average molecular weight is 466 g/mol. The van der Waals surface area contributed by atoms with Gasteiger partial charge in [-0.25, -0.2) is 4.68 Å². The third-order valence-corrected chi connectivity index (χ3v) is 5.90. The minimum Gasteiger partial charge on any atom is -0.497 e. The first kappa shape index (κ1) is 24.3. The Hall–Kier alpha value is -2.87. The third-order valence-electron chi connectivity index (χ3n) is 5.90. The van der Waals surface area contributed by atoms with E-state index in [1.165, 1.54) is 0 Å². The zero-order chi connectivity index (χ0) is 24.1. The molecule has 0 spiro atoms. The van der Waals surface area contributed by atoms with Gasteiger partial charge in [-0.15, -0.1) is 0 Å². The Bertz CT molecular complexity index is 1050. The Labute approximate surface area is 201 Å². The number of benzene rings is 2. The van der Waals surface area contributed by atoms with Crippen molar-refractivity contribution in [2.45, 2.75) is 51.5 Å². The summed E-state index contributed by atoms with van der Waals surface area (Å²) in [6.45, 7) is 5.47. The first-order chi connectivity index (χ1) is 16.4. The van der Waals surface area contributed by atoms with Gasteiger partial charge in [-0.2, -0.15) is 5.10 Å². The van der Waals surface area contributed by atoms with Gasteiger partial charge in [-0.3, -0.25) is 4.90 Å². The number of ether oxygens (including phenoxy) is 3. The molecule has 0 bridgehead atoms. The summed E-state index contributed by atoms with van der Waals surface area (Å²) in [6, 6.07) is 18.2. The zero-order valence-corrected chi connectivity index (χ0v) is 20.5. The van der Waals surface area contributed by atoms with Crippen LogP contribution in [0.1, 0.15) is 32.3 Å². The summed E-state index contributed by atoms with van der Waals surface area (Å²) in [5, 5.41) is 15.5. The minimum atomic E-state index is -0.550. The van der Waals surface area contributed by atoms with Gasteiger partial charge in [0.1, 0.15) is 17.2 Å². The fraction of sp³-hybridized carbons (Fsp3) is 0.444. The maximum absolute atomic E-state index is 10.6. The van der Waals surface area contributed by atoms with Gasteiger partial charge >= 0.3 is 0 Å². The minimum absolute atomic E-state index is 0.0940. The van der Waals surface area contributed by atoms with Crippen LogP contribution in [0.15, 0.2) is 54.6 Å². The molecule has 1 aliphatic rings. The lowest BCUT2D eigenvalue weighted by Crippen LogP contribution is -2.36. The molecule has 2 aromatic carbocycles. The predicted molar refractivity (Wildman–Crippen MR) is 132 cm³/mol. The molecule has 0 aliphatic heterocycles. The molecule has 1 aliphatic carbocycles. The second-order valence-corrected chi connectivity index (χ2v) is 9.10. The number of hydrogen-bond donors (Lipinski definition) is 1. The van der Waals surface area contributed by atoms with Gasteiger partial charge in [0.05, 0.1) is 31.5 Å². The highest BCUT2D eigenvalue weighted by Gasteiger charge is 2.33. The van der Waals surface area contributed by atoms with Gasteiger partial charge in [0, 0.05) is 31.7 Å². The standard InChI is InChI=1S/C27H35N3O4/c1-19(2)33-18-22(31)16-30(21-10-11-21)17-25-26(20-8-6-5-7-9-20)28-29(3)27(25)34-24-14-12-23(32-4)13-15-24/h5-9,12-15,19,21-22,31H,10-11,16-18H2,1-4H3. The number of nitrogens with zero attached hydrogens (tertiary/aromatic N) is 3. The quantitative estimate of drug-likeness (QED) is 0.420. The van der Waals surface area contributed by atoms with Crippen molar-refractivity contribution in [3.63, 3.8) is 0 Å². The highest BCUT2D eigenvalue weighted by atomic mass is 16.5. The van der Waals surface area contributed by atoms with E-state index in [0.29, 0.717) is 37.4 Å². The maximum atomic E-state index is 10.6. The highest BCUT2D eigenvalue weighted by molar-refractivity contribution is 5.65. The van der Waals surface area contributed by atoms with Crippen molar-refractivity contribution in [1.82, 2.24) is 14.7 Å². The maximum Gasteiger partial charge on any atom is 0.222 e. The van der Waals surface area contributed by atoms with Crippen LogP contribution < -0.4 is 9.47 Å². The lowest BCUT2D eigenvalue weighted by Gasteiger charge is -2.26. The van der Waals surface area contributed by atoms with Gasteiger partial charge < -0.3 is 19.3 Å². The number of methoxy groups -OCH3 is 1. The molecular formula is C27H35N3O4. The molecule has 182 valence electrons. The zero-order valence-electron chi connectivity index (χ0n) is 20.5. The Morgan fingerprint density at radius 3 is 2.35 bits per heavy atom. The van der Waals surface area contributed by atoms with Crippen molar-refractivity contribution in [2.75, 3.05) is 20.3 Å². The van der Waals surface area contributed by atoms with E-state index >= 15 is 0 Å². The number of aliphatic hydroxyl groups is 1. The predicted octanol–water partition coefficient (Wildman–Crippen LogP) is 4.64. The van der Waals surface area contributed by atoms with Crippen LogP contribution in [-0.2, 0) is 18.3 Å². The SMILES string of the molecule is COc1ccc(Oc2c(CN(CC(O)COC(C)C)C3CC3)c(-c3ccccc3)nn2C)cc1. The number of aliphatic hydroxyl groups excluding tert-OH is 1. The van der Waals surface area contributed by atoms with E-state index in [0.717, 1.165) is 35.4 Å². The van der Waals surface area contributed by atoms with Crippen LogP contribution in [0.2, 0.25) is 0 Å². The van der Waals surface area contributed by atoms with E-state index in [9.17, 15) is 5.11 Å². The Morgan fingerprint density at radius 1 is 1.06 bits per heavy atom. The Morgan fingerprint density at radius 2 is 1.74 bits per heavy atom. The number of hydrogen-bond acceptors (Lipinski definition) is 6. The van der Waals surface area contributed by atoms with Gasteiger partial charge in [0.2, 0.25) is 5.88 Å². The summed E-state index contributed by atoms with van der Waals surface area (Å²) in [5.41, 5.74) is 2.94. The van der Waals surface area contributed by atoms with Crippen molar-refractivity contribution in [3.8, 4) is 28.6 Å². The lowest BCUT2D eigenvalue weighted by molar-refractivity contribution is -0.0107. The molecule has 7 heteroatoms. The van der Waals surface area contributed by atoms with Crippen LogP contribution in [0.25, 0.3) is 11.3 Å². The molecule has 1 unspecified atom stereocenters. The van der Waals surface area contributed by atoms with Crippen molar-refractivity contribution in [1.29, 1.82) is 0 Å². The van der Waals surface area contributed by atoms with E-state index in [1.807, 2.05) is 63.4 Å². The van der Waals surface area contributed by atoms with Crippen molar-refractivity contribution < 1.29 is 19.3 Å². The molecule has 1 N–H and O–H groups in total. The first-order valence-electron chi connectivity index (χ1n) is 11.9. The molecule has 1 heterocycles. The lowest BCUT2D eigenvalue weighted by atomic mass is 10.1. The fourth-order valence-electron chi connectivity index (χ4n) is 4.02. The van der Waals surface area contributed by atoms with E-state index < -0.39 is 6.10 Å². The summed E-state index contributed by atoms with van der Waals surface area (Å²) in [5.74, 6) is 2.19. The smallest absolute Gasteiger partial charge is 0.222 e. The number of aromatic nitrogens is 2. The van der Waals surface area contributed by atoms with Crippen LogP contribution in [-0.4, -0.2) is 58.3 Å². The first-order valence-corrected chi connectivity index (χ1v) is 11.9. The Kier molecular flexibility index (Phi) is 7.88. The molecule has 1 saturated carbocycles. The molecule has 1 aromatic heterocycles. The van der Waals surface area contributed by atoms with Crippen molar-refractivity contribution in [2.24, 2.45) is 7.05 Å². The Balaban J connectivity index is 1.63. The molecule has 7 nitrogen and oxygen atoms in total. The molecular weight excluding hydrogens is 430 g/mol. The normalized spacial score (nSPS) is 14.6. The topological polar surface area (TPSA) is 69.0 Å². The highest BCUT2D eigenvalue weighted by Crippen LogP contribution is 2.37. The van der Waals surface area contributed by atoms with E-state index in [2.05, 4.69) is 17.0 Å². The summed E-state index contributed by atoms with van der Waals surface area (Å²) >= 11 is 0. The largest absolute Gasteiger partial charge is 0.497 e. The molecule has 34 heavy (non-hydrogen) atoms. The molecule has 0 radical (unpaired) electrons. The molecule has 4 rings (SSSR count). The van der Waals surface area contributed by atoms with Gasteiger partial charge in [-0.05, 0) is 51.0 Å². The number of rotatable bonds is 12. The van der Waals surface area contributed by atoms with Crippen LogP contribution in [0.5, 0.6) is 17.4 Å². The second-order valence-electron chi connectivity index (χ2n) is 9.10. The van der Waals surface area contributed by atoms with Crippen LogP contribution in [0, 0.1) is 0 Å². The molecule has 0 amide bonds. The van der Waals surface area contributed by atoms with Crippen LogP contribution >= 0.6 is 0 Å². The van der Waals surface area contributed by atoms with E-state index in [4.69, 9.17) is 19.3 Å². The number of aryl methyl sites for hydroxylation is 1. The summed E-state index contributed by atoms with van der Waals surface area (Å²) in [6.07, 6.45) is 1.81. The van der Waals surface area contributed by atoms with Crippen molar-refractivity contribution in [3.05, 3.63) is 60.2 Å². The monoisotopic (exact) mass is 465 g/mol. The summed E-state index contributed by atoms with van der Waals surface area (Å²) < 4.78 is 19.1. The van der Waals surface area contributed by atoms with Gasteiger partial charge in [-0.1, -0.05) is 30.3 Å². The van der Waals surface area contributed by atoms with Crippen molar-refractivity contribution >= 4 is 0 Å². The fourth-order valence-corrected chi connectivity index (χ4v) is 4.02. The van der Waals surface area contributed by atoms with Gasteiger partial charge in [0.15, 0.2) is 0 Å². The van der Waals surface area contributed by atoms with E-state index in [-0.39, 0.29) is 6.10 Å².